The number of benzene rings is 1. The zero-order valence-electron chi connectivity index (χ0n) is 18.1. The number of hydrogen-bond donors (Lipinski definition) is 1. The van der Waals surface area contributed by atoms with Crippen LogP contribution in [0.25, 0.3) is 6.08 Å². The van der Waals surface area contributed by atoms with E-state index in [1.54, 1.807) is 41.8 Å². The van der Waals surface area contributed by atoms with Gasteiger partial charge >= 0.3 is 6.29 Å². The molecule has 0 aliphatic carbocycles. The molecule has 0 atom stereocenters. The third kappa shape index (κ3) is 5.11. The van der Waals surface area contributed by atoms with Crippen molar-refractivity contribution < 1.29 is 33.0 Å². The van der Waals surface area contributed by atoms with Crippen molar-refractivity contribution in [2.75, 3.05) is 26.2 Å². The number of amides is 2. The molecule has 1 aromatic carbocycles. The highest BCUT2D eigenvalue weighted by molar-refractivity contribution is 5.95. The molecule has 2 amide bonds. The van der Waals surface area contributed by atoms with Crippen LogP contribution < -0.4 is 9.47 Å². The quantitative estimate of drug-likeness (QED) is 0.707. The zero-order chi connectivity index (χ0) is 23.8. The number of piperazine rings is 1. The maximum atomic E-state index is 13.1. The number of halogens is 2. The summed E-state index contributed by atoms with van der Waals surface area (Å²) >= 11 is 0. The van der Waals surface area contributed by atoms with E-state index < -0.39 is 11.9 Å². The molecular weight excluding hydrogens is 436 g/mol. The molecule has 0 unspecified atom stereocenters. The van der Waals surface area contributed by atoms with Crippen molar-refractivity contribution in [2.45, 2.75) is 25.7 Å². The molecule has 2 aromatic rings. The second-order valence-corrected chi connectivity index (χ2v) is 8.31. The van der Waals surface area contributed by atoms with Gasteiger partial charge in [-0.15, -0.1) is 8.78 Å². The number of fused-ring (bicyclic) bond motifs is 1. The number of nitrogens with zero attached hydrogens (tertiary/aromatic N) is 3. The fraction of sp³-hybridized carbons (Fsp3) is 0.348. The van der Waals surface area contributed by atoms with Gasteiger partial charge in [0.25, 0.3) is 5.91 Å². The Morgan fingerprint density at radius 3 is 2.42 bits per heavy atom. The molecule has 2 aliphatic heterocycles. The van der Waals surface area contributed by atoms with Gasteiger partial charge in [0.1, 0.15) is 5.60 Å². The molecule has 1 fully saturated rings. The van der Waals surface area contributed by atoms with Crippen LogP contribution in [0.2, 0.25) is 0 Å². The predicted molar refractivity (Wildman–Crippen MR) is 114 cm³/mol. The first-order chi connectivity index (χ1) is 15.5. The average Bonchev–Trinajstić information content (AvgIpc) is 3.09. The topological polar surface area (TPSA) is 92.2 Å². The molecule has 1 aromatic heterocycles. The molecule has 174 valence electrons. The fourth-order valence-corrected chi connectivity index (χ4v) is 3.55. The summed E-state index contributed by atoms with van der Waals surface area (Å²) in [7, 11) is 0. The molecule has 0 spiro atoms. The minimum absolute atomic E-state index is 0.0619. The molecule has 4 rings (SSSR count). The van der Waals surface area contributed by atoms with E-state index in [1.807, 2.05) is 0 Å². The van der Waals surface area contributed by atoms with Crippen molar-refractivity contribution in [3.8, 4) is 11.5 Å². The summed E-state index contributed by atoms with van der Waals surface area (Å²) in [5.74, 6) is -0.597. The fourth-order valence-electron chi connectivity index (χ4n) is 3.55. The van der Waals surface area contributed by atoms with Crippen molar-refractivity contribution in [1.29, 1.82) is 0 Å². The summed E-state index contributed by atoms with van der Waals surface area (Å²) in [6.45, 7) is 4.62. The third-order valence-corrected chi connectivity index (χ3v) is 5.36. The van der Waals surface area contributed by atoms with Crippen molar-refractivity contribution >= 4 is 17.9 Å². The van der Waals surface area contributed by atoms with E-state index in [2.05, 4.69) is 14.5 Å². The standard InChI is InChI=1S/C23H23F2N3O5/c1-22(2,31)19-14-16(7-8-26-19)21(30)28-11-9-27(10-12-28)20(29)6-4-15-3-5-17-18(13-15)33-23(24,25)32-17/h3-8,13-14,31H,9-12H2,1-2H3. The van der Waals surface area contributed by atoms with Crippen LogP contribution in [0, 0.1) is 0 Å². The molecule has 1 saturated heterocycles. The Balaban J connectivity index is 1.34. The second kappa shape index (κ2) is 8.43. The lowest BCUT2D eigenvalue weighted by Crippen LogP contribution is -2.50. The van der Waals surface area contributed by atoms with Gasteiger partial charge in [0.2, 0.25) is 5.91 Å². The van der Waals surface area contributed by atoms with Gasteiger partial charge in [-0.25, -0.2) is 0 Å². The molecule has 33 heavy (non-hydrogen) atoms. The van der Waals surface area contributed by atoms with Gasteiger partial charge in [-0.1, -0.05) is 6.07 Å². The lowest BCUT2D eigenvalue weighted by molar-refractivity contribution is -0.286. The first-order valence-electron chi connectivity index (χ1n) is 10.4. The van der Waals surface area contributed by atoms with Crippen LogP contribution in [0.15, 0.2) is 42.6 Å². The van der Waals surface area contributed by atoms with Crippen molar-refractivity contribution in [2.24, 2.45) is 0 Å². The lowest BCUT2D eigenvalue weighted by Gasteiger charge is -2.34. The second-order valence-electron chi connectivity index (χ2n) is 8.31. The third-order valence-electron chi connectivity index (χ3n) is 5.36. The predicted octanol–water partition coefficient (Wildman–Crippen LogP) is 2.63. The van der Waals surface area contributed by atoms with Gasteiger partial charge in [0.05, 0.1) is 5.69 Å². The summed E-state index contributed by atoms with van der Waals surface area (Å²) in [5, 5.41) is 10.1. The minimum atomic E-state index is -3.69. The van der Waals surface area contributed by atoms with Crippen molar-refractivity contribution in [3.63, 3.8) is 0 Å². The summed E-state index contributed by atoms with van der Waals surface area (Å²) < 4.78 is 35.0. The SMILES string of the molecule is CC(C)(O)c1cc(C(=O)N2CCN(C(=O)C=Cc3ccc4c(c3)OC(F)(F)O4)CC2)ccn1. The van der Waals surface area contributed by atoms with E-state index in [0.717, 1.165) is 0 Å². The van der Waals surface area contributed by atoms with Gasteiger partial charge in [-0.2, -0.15) is 0 Å². The number of alkyl halides is 2. The number of pyridine rings is 1. The van der Waals surface area contributed by atoms with Crippen molar-refractivity contribution in [3.05, 3.63) is 59.4 Å². The maximum Gasteiger partial charge on any atom is 0.586 e. The van der Waals surface area contributed by atoms with Gasteiger partial charge in [0.15, 0.2) is 11.5 Å². The summed E-state index contributed by atoms with van der Waals surface area (Å²) in [4.78, 5) is 32.7. The lowest BCUT2D eigenvalue weighted by atomic mass is 10.0. The molecule has 0 bridgehead atoms. The van der Waals surface area contributed by atoms with E-state index >= 15 is 0 Å². The average molecular weight is 459 g/mol. The van der Waals surface area contributed by atoms with Crippen LogP contribution in [-0.4, -0.2) is 64.2 Å². The highest BCUT2D eigenvalue weighted by Gasteiger charge is 2.43. The maximum absolute atomic E-state index is 13.1. The Morgan fingerprint density at radius 1 is 1.06 bits per heavy atom. The van der Waals surface area contributed by atoms with Gasteiger partial charge in [0, 0.05) is 44.0 Å². The molecule has 8 nitrogen and oxygen atoms in total. The summed E-state index contributed by atoms with van der Waals surface area (Å²) in [5.41, 5.74) is 0.180. The molecule has 1 N–H and O–H groups in total. The first kappa shape index (κ1) is 22.7. The smallest absolute Gasteiger partial charge is 0.395 e. The number of aliphatic hydroxyl groups is 1. The number of aromatic nitrogens is 1. The highest BCUT2D eigenvalue weighted by atomic mass is 19.3. The molecule has 2 aliphatic rings. The largest absolute Gasteiger partial charge is 0.586 e. The number of carbonyl (C=O) groups excluding carboxylic acids is 2. The van der Waals surface area contributed by atoms with E-state index in [1.165, 1.54) is 30.5 Å². The highest BCUT2D eigenvalue weighted by Crippen LogP contribution is 2.41. The van der Waals surface area contributed by atoms with E-state index in [-0.39, 0.29) is 23.3 Å². The van der Waals surface area contributed by atoms with E-state index in [4.69, 9.17) is 0 Å². The molecule has 3 heterocycles. The van der Waals surface area contributed by atoms with Gasteiger partial charge in [-0.05, 0) is 49.8 Å². The van der Waals surface area contributed by atoms with Crippen LogP contribution in [0.5, 0.6) is 11.5 Å². The van der Waals surface area contributed by atoms with Gasteiger partial charge in [-0.3, -0.25) is 14.6 Å². The van der Waals surface area contributed by atoms with Crippen LogP contribution >= 0.6 is 0 Å². The Bertz CT molecular complexity index is 1110. The van der Waals surface area contributed by atoms with E-state index in [0.29, 0.717) is 43.0 Å². The Kier molecular flexibility index (Phi) is 5.79. The zero-order valence-corrected chi connectivity index (χ0v) is 18.1. The molecule has 10 heteroatoms. The van der Waals surface area contributed by atoms with Crippen LogP contribution in [0.3, 0.4) is 0 Å². The Labute approximate surface area is 189 Å². The normalized spacial score (nSPS) is 17.5. The number of hydrogen-bond acceptors (Lipinski definition) is 6. The minimum Gasteiger partial charge on any atom is -0.395 e. The van der Waals surface area contributed by atoms with Crippen LogP contribution in [-0.2, 0) is 10.4 Å². The number of rotatable bonds is 4. The first-order valence-corrected chi connectivity index (χ1v) is 10.4. The molecule has 0 radical (unpaired) electrons. The summed E-state index contributed by atoms with van der Waals surface area (Å²) in [6, 6.07) is 7.43. The Morgan fingerprint density at radius 2 is 1.73 bits per heavy atom. The molecule has 0 saturated carbocycles. The van der Waals surface area contributed by atoms with Crippen molar-refractivity contribution in [1.82, 2.24) is 14.8 Å². The van der Waals surface area contributed by atoms with E-state index in [9.17, 15) is 23.5 Å². The summed E-state index contributed by atoms with van der Waals surface area (Å²) in [6.07, 6.45) is 0.660. The van der Waals surface area contributed by atoms with Crippen LogP contribution in [0.4, 0.5) is 8.78 Å². The number of carbonyl (C=O) groups is 2. The monoisotopic (exact) mass is 459 g/mol. The van der Waals surface area contributed by atoms with Crippen LogP contribution in [0.1, 0.15) is 35.5 Å². The Hall–Kier alpha value is -3.53. The van der Waals surface area contributed by atoms with Gasteiger partial charge < -0.3 is 24.4 Å². The number of ether oxygens (including phenoxy) is 2. The molecular formula is C23H23F2N3O5.